The monoisotopic (exact) mass is 531 g/mol. The second kappa shape index (κ2) is 12.3. The molecule has 4 heterocycles. The molecule has 39 heavy (non-hydrogen) atoms. The molecule has 0 radical (unpaired) electrons. The number of likely N-dealkylation sites (N-methyl/N-ethyl adjacent to an activating group) is 1. The summed E-state index contributed by atoms with van der Waals surface area (Å²) in [6.07, 6.45) is 5.32. The zero-order valence-corrected chi connectivity index (χ0v) is 22.1. The zero-order valence-electron chi connectivity index (χ0n) is 22.1. The van der Waals surface area contributed by atoms with Crippen molar-refractivity contribution in [2.24, 2.45) is 0 Å². The Morgan fingerprint density at radius 2 is 1.85 bits per heavy atom. The zero-order chi connectivity index (χ0) is 27.2. The van der Waals surface area contributed by atoms with Crippen LogP contribution >= 0.6 is 0 Å². The van der Waals surface area contributed by atoms with Gasteiger partial charge in [-0.3, -0.25) is 19.5 Å². The first-order valence-electron chi connectivity index (χ1n) is 13.6. The van der Waals surface area contributed by atoms with Crippen molar-refractivity contribution in [3.05, 3.63) is 71.8 Å². The number of rotatable bonds is 8. The lowest BCUT2D eigenvalue weighted by Gasteiger charge is -2.32. The van der Waals surface area contributed by atoms with E-state index >= 15 is 0 Å². The van der Waals surface area contributed by atoms with Gasteiger partial charge in [0.05, 0.1) is 11.3 Å². The lowest BCUT2D eigenvalue weighted by atomic mass is 10.0. The van der Waals surface area contributed by atoms with Gasteiger partial charge in [0.1, 0.15) is 5.82 Å². The molecule has 2 aliphatic heterocycles. The summed E-state index contributed by atoms with van der Waals surface area (Å²) < 4.78 is 13.5. The molecule has 2 amide bonds. The maximum atomic E-state index is 13.5. The molecule has 0 spiro atoms. The SMILES string of the molecule is CCN1CCCC1CNC(=O)c1ccc(N2CCC(NC(=O)c3ccc(-c4cccc(F)c4)nc3)CC2)nn1. The smallest absolute Gasteiger partial charge is 0.271 e. The van der Waals surface area contributed by atoms with Crippen molar-refractivity contribution in [3.63, 3.8) is 0 Å². The third kappa shape index (κ3) is 6.57. The number of likely N-dealkylation sites (tertiary alicyclic amines) is 1. The Morgan fingerprint density at radius 3 is 2.54 bits per heavy atom. The summed E-state index contributed by atoms with van der Waals surface area (Å²) in [5, 5.41) is 14.5. The number of hydrogen-bond donors (Lipinski definition) is 2. The number of halogens is 1. The van der Waals surface area contributed by atoms with Crippen molar-refractivity contribution in [2.45, 2.75) is 44.7 Å². The van der Waals surface area contributed by atoms with Crippen molar-refractivity contribution in [3.8, 4) is 11.3 Å². The quantitative estimate of drug-likeness (QED) is 0.460. The van der Waals surface area contributed by atoms with Crippen LogP contribution < -0.4 is 15.5 Å². The molecule has 1 unspecified atom stereocenters. The first kappa shape index (κ1) is 26.7. The topological polar surface area (TPSA) is 103 Å². The van der Waals surface area contributed by atoms with Gasteiger partial charge in [-0.25, -0.2) is 4.39 Å². The molecule has 5 rings (SSSR count). The van der Waals surface area contributed by atoms with E-state index in [-0.39, 0.29) is 23.7 Å². The maximum absolute atomic E-state index is 13.5. The minimum atomic E-state index is -0.326. The molecular weight excluding hydrogens is 497 g/mol. The molecule has 3 aromatic rings. The van der Waals surface area contributed by atoms with Crippen LogP contribution in [-0.4, -0.2) is 76.7 Å². The summed E-state index contributed by atoms with van der Waals surface area (Å²) in [5.74, 6) is 0.0212. The molecule has 0 saturated carbocycles. The Kier molecular flexibility index (Phi) is 8.41. The Hall–Kier alpha value is -3.92. The minimum Gasteiger partial charge on any atom is -0.355 e. The molecule has 2 aromatic heterocycles. The molecule has 2 aliphatic rings. The molecule has 0 aliphatic carbocycles. The number of amides is 2. The molecule has 204 valence electrons. The number of benzene rings is 1. The summed E-state index contributed by atoms with van der Waals surface area (Å²) in [6.45, 7) is 6.30. The third-order valence-electron chi connectivity index (χ3n) is 7.59. The lowest BCUT2D eigenvalue weighted by molar-refractivity contribution is 0.0925. The summed E-state index contributed by atoms with van der Waals surface area (Å²) in [6, 6.07) is 13.6. The highest BCUT2D eigenvalue weighted by molar-refractivity contribution is 5.94. The maximum Gasteiger partial charge on any atom is 0.271 e. The number of carbonyl (C=O) groups is 2. The Morgan fingerprint density at radius 1 is 1.00 bits per heavy atom. The largest absolute Gasteiger partial charge is 0.355 e. The second-order valence-electron chi connectivity index (χ2n) is 10.1. The molecule has 2 N–H and O–H groups in total. The molecule has 10 heteroatoms. The van der Waals surface area contributed by atoms with E-state index in [1.807, 2.05) is 6.07 Å². The number of anilines is 1. The molecule has 2 saturated heterocycles. The van der Waals surface area contributed by atoms with Gasteiger partial charge in [0, 0.05) is 43.5 Å². The number of hydrogen-bond acceptors (Lipinski definition) is 7. The highest BCUT2D eigenvalue weighted by atomic mass is 19.1. The van der Waals surface area contributed by atoms with E-state index in [2.05, 4.69) is 42.5 Å². The Labute approximate surface area is 227 Å². The van der Waals surface area contributed by atoms with Gasteiger partial charge in [0.25, 0.3) is 11.8 Å². The molecule has 9 nitrogen and oxygen atoms in total. The first-order valence-corrected chi connectivity index (χ1v) is 13.6. The average molecular weight is 532 g/mol. The van der Waals surface area contributed by atoms with Gasteiger partial charge in [-0.15, -0.1) is 10.2 Å². The third-order valence-corrected chi connectivity index (χ3v) is 7.59. The molecule has 2 fully saturated rings. The number of carbonyl (C=O) groups excluding carboxylic acids is 2. The van der Waals surface area contributed by atoms with E-state index in [9.17, 15) is 14.0 Å². The first-order chi connectivity index (χ1) is 19.0. The molecule has 1 aromatic carbocycles. The van der Waals surface area contributed by atoms with Crippen LogP contribution in [0.4, 0.5) is 10.2 Å². The fourth-order valence-electron chi connectivity index (χ4n) is 5.33. The predicted octanol–water partition coefficient (Wildman–Crippen LogP) is 3.29. The summed E-state index contributed by atoms with van der Waals surface area (Å²) >= 11 is 0. The number of nitrogens with zero attached hydrogens (tertiary/aromatic N) is 5. The van der Waals surface area contributed by atoms with Crippen LogP contribution in [0.5, 0.6) is 0 Å². The normalized spacial score (nSPS) is 18.2. The van der Waals surface area contributed by atoms with Crippen molar-refractivity contribution >= 4 is 17.6 Å². The summed E-state index contributed by atoms with van der Waals surface area (Å²) in [7, 11) is 0. The van der Waals surface area contributed by atoms with E-state index in [0.29, 0.717) is 35.1 Å². The number of pyridine rings is 1. The van der Waals surface area contributed by atoms with Crippen LogP contribution in [0.3, 0.4) is 0 Å². The fourth-order valence-corrected chi connectivity index (χ4v) is 5.33. The van der Waals surface area contributed by atoms with Gasteiger partial charge in [-0.1, -0.05) is 19.1 Å². The molecular formula is C29H34FN7O2. The van der Waals surface area contributed by atoms with Gasteiger partial charge in [0.2, 0.25) is 0 Å². The van der Waals surface area contributed by atoms with E-state index in [4.69, 9.17) is 0 Å². The van der Waals surface area contributed by atoms with Crippen molar-refractivity contribution in [1.29, 1.82) is 0 Å². The lowest BCUT2D eigenvalue weighted by Crippen LogP contribution is -2.45. The number of nitrogens with one attached hydrogen (secondary N) is 2. The highest BCUT2D eigenvalue weighted by Gasteiger charge is 2.25. The van der Waals surface area contributed by atoms with Crippen molar-refractivity contribution < 1.29 is 14.0 Å². The van der Waals surface area contributed by atoms with Crippen LogP contribution in [0.2, 0.25) is 0 Å². The molecule has 0 bridgehead atoms. The second-order valence-corrected chi connectivity index (χ2v) is 10.1. The van der Waals surface area contributed by atoms with Crippen molar-refractivity contribution in [1.82, 2.24) is 30.7 Å². The van der Waals surface area contributed by atoms with Gasteiger partial charge in [-0.2, -0.15) is 0 Å². The highest BCUT2D eigenvalue weighted by Crippen LogP contribution is 2.20. The van der Waals surface area contributed by atoms with Crippen molar-refractivity contribution in [2.75, 3.05) is 37.6 Å². The molecule has 1 atom stereocenters. The summed E-state index contributed by atoms with van der Waals surface area (Å²) in [5.41, 5.74) is 2.06. The average Bonchev–Trinajstić information content (AvgIpc) is 3.44. The summed E-state index contributed by atoms with van der Waals surface area (Å²) in [4.78, 5) is 34.1. The Balaban J connectivity index is 1.08. The van der Waals surface area contributed by atoms with Crippen LogP contribution in [0, 0.1) is 5.82 Å². The van der Waals surface area contributed by atoms with Crippen LogP contribution in [0.1, 0.15) is 53.5 Å². The van der Waals surface area contributed by atoms with Gasteiger partial charge >= 0.3 is 0 Å². The minimum absolute atomic E-state index is 0.0351. The fraction of sp³-hybridized carbons (Fsp3) is 0.414. The van der Waals surface area contributed by atoms with E-state index in [0.717, 1.165) is 51.3 Å². The van der Waals surface area contributed by atoms with Gasteiger partial charge < -0.3 is 15.5 Å². The standard InChI is InChI=1S/C29H34FN7O2/c1-2-36-14-4-7-24(36)19-32-29(39)26-10-11-27(35-34-26)37-15-12-23(13-16-37)33-28(38)21-8-9-25(31-18-21)20-5-3-6-22(30)17-20/h3,5-6,8-11,17-18,23-24H,2,4,7,12-16,19H2,1H3,(H,32,39)(H,33,38). The van der Waals surface area contributed by atoms with Crippen LogP contribution in [0.25, 0.3) is 11.3 Å². The van der Waals surface area contributed by atoms with E-state index in [1.165, 1.54) is 24.8 Å². The number of piperidine rings is 1. The number of aromatic nitrogens is 3. The van der Waals surface area contributed by atoms with E-state index < -0.39 is 0 Å². The van der Waals surface area contributed by atoms with Gasteiger partial charge in [0.15, 0.2) is 11.5 Å². The van der Waals surface area contributed by atoms with Crippen LogP contribution in [-0.2, 0) is 0 Å². The van der Waals surface area contributed by atoms with Gasteiger partial charge in [-0.05, 0) is 75.2 Å². The van der Waals surface area contributed by atoms with Crippen LogP contribution in [0.15, 0.2) is 54.7 Å². The van der Waals surface area contributed by atoms with E-state index in [1.54, 1.807) is 30.3 Å². The predicted molar refractivity (Wildman–Crippen MR) is 147 cm³/mol. The Bertz CT molecular complexity index is 1280.